The zero-order chi connectivity index (χ0) is 18.1. The average Bonchev–Trinajstić information content (AvgIpc) is 2.59. The molecule has 148 valence electrons. The summed E-state index contributed by atoms with van der Waals surface area (Å²) in [5, 5.41) is 6.74. The molecule has 0 saturated carbocycles. The molecule has 7 heteroatoms. The van der Waals surface area contributed by atoms with Gasteiger partial charge >= 0.3 is 0 Å². The van der Waals surface area contributed by atoms with Crippen LogP contribution in [-0.4, -0.2) is 68.3 Å². The van der Waals surface area contributed by atoms with Gasteiger partial charge in [0, 0.05) is 51.7 Å². The van der Waals surface area contributed by atoms with Gasteiger partial charge in [0.05, 0.1) is 12.7 Å². The molecule has 26 heavy (non-hydrogen) atoms. The lowest BCUT2D eigenvalue weighted by molar-refractivity contribution is -0.0284. The number of guanidine groups is 1. The molecule has 1 aliphatic heterocycles. The normalized spacial score (nSPS) is 18.5. The highest BCUT2D eigenvalue weighted by Gasteiger charge is 2.20. The summed E-state index contributed by atoms with van der Waals surface area (Å²) in [6.07, 6.45) is 3.08. The summed E-state index contributed by atoms with van der Waals surface area (Å²) in [7, 11) is 1.80. The first-order chi connectivity index (χ1) is 12.1. The summed E-state index contributed by atoms with van der Waals surface area (Å²) < 4.78 is 5.87. The maximum absolute atomic E-state index is 5.87. The Kier molecular flexibility index (Phi) is 11.1. The van der Waals surface area contributed by atoms with Crippen molar-refractivity contribution in [3.8, 4) is 0 Å². The third-order valence-electron chi connectivity index (χ3n) is 4.25. The monoisotopic (exact) mass is 475 g/mol. The van der Waals surface area contributed by atoms with Crippen LogP contribution >= 0.6 is 24.0 Å². The highest BCUT2D eigenvalue weighted by Crippen LogP contribution is 2.07. The first-order valence-electron chi connectivity index (χ1n) is 9.27. The van der Waals surface area contributed by atoms with Crippen LogP contribution in [0.3, 0.4) is 0 Å². The van der Waals surface area contributed by atoms with Crippen LogP contribution in [0.2, 0.25) is 0 Å². The van der Waals surface area contributed by atoms with Gasteiger partial charge in [-0.05, 0) is 30.9 Å². The standard InChI is InChI=1S/C19H33N5O.HI/c1-15(2)13-24-9-10-25-18(14-24)12-23-19(20-4)21-8-7-17-6-5-16(3)22-11-17;/h5-6,11,15,18H,7-10,12-14H2,1-4H3,(H2,20,21,23);1H. The van der Waals surface area contributed by atoms with Crippen LogP contribution in [0.5, 0.6) is 0 Å². The van der Waals surface area contributed by atoms with Crippen molar-refractivity contribution < 1.29 is 4.74 Å². The summed E-state index contributed by atoms with van der Waals surface area (Å²) in [6, 6.07) is 4.17. The number of morpholine rings is 1. The van der Waals surface area contributed by atoms with Crippen molar-refractivity contribution in [2.45, 2.75) is 33.3 Å². The van der Waals surface area contributed by atoms with Crippen LogP contribution in [-0.2, 0) is 11.2 Å². The predicted octanol–water partition coefficient (Wildman–Crippen LogP) is 2.07. The molecule has 0 bridgehead atoms. The number of hydrogen-bond acceptors (Lipinski definition) is 4. The summed E-state index contributed by atoms with van der Waals surface area (Å²) in [5.74, 6) is 1.52. The minimum Gasteiger partial charge on any atom is -0.374 e. The van der Waals surface area contributed by atoms with Gasteiger partial charge in [0.25, 0.3) is 0 Å². The molecule has 0 aliphatic carbocycles. The first kappa shape index (κ1) is 23.1. The van der Waals surface area contributed by atoms with Gasteiger partial charge in [0.15, 0.2) is 5.96 Å². The molecule has 2 N–H and O–H groups in total. The van der Waals surface area contributed by atoms with Gasteiger partial charge < -0.3 is 15.4 Å². The van der Waals surface area contributed by atoms with Crippen LogP contribution in [0.4, 0.5) is 0 Å². The van der Waals surface area contributed by atoms with Crippen molar-refractivity contribution in [2.75, 3.05) is 46.4 Å². The van der Waals surface area contributed by atoms with Gasteiger partial charge in [-0.15, -0.1) is 24.0 Å². The van der Waals surface area contributed by atoms with Gasteiger partial charge in [0.1, 0.15) is 0 Å². The molecule has 1 aromatic heterocycles. The van der Waals surface area contributed by atoms with E-state index in [2.05, 4.69) is 45.4 Å². The second-order valence-corrected chi connectivity index (χ2v) is 7.08. The number of aryl methyl sites for hydroxylation is 1. The molecule has 0 radical (unpaired) electrons. The summed E-state index contributed by atoms with van der Waals surface area (Å²) in [6.45, 7) is 12.1. The minimum atomic E-state index is 0. The molecule has 6 nitrogen and oxygen atoms in total. The molecule has 1 aromatic rings. The number of hydrogen-bond donors (Lipinski definition) is 2. The van der Waals surface area contributed by atoms with E-state index in [9.17, 15) is 0 Å². The molecule has 2 heterocycles. The fourth-order valence-corrected chi connectivity index (χ4v) is 2.99. The Balaban J connectivity index is 0.00000338. The number of ether oxygens (including phenoxy) is 1. The lowest BCUT2D eigenvalue weighted by atomic mass is 10.2. The molecule has 1 atom stereocenters. The summed E-state index contributed by atoms with van der Waals surface area (Å²) in [5.41, 5.74) is 2.28. The van der Waals surface area contributed by atoms with E-state index < -0.39 is 0 Å². The first-order valence-corrected chi connectivity index (χ1v) is 9.27. The fourth-order valence-electron chi connectivity index (χ4n) is 2.99. The quantitative estimate of drug-likeness (QED) is 0.359. The lowest BCUT2D eigenvalue weighted by Gasteiger charge is -2.34. The molecule has 0 spiro atoms. The maximum atomic E-state index is 5.87. The van der Waals surface area contributed by atoms with E-state index in [-0.39, 0.29) is 30.1 Å². The third-order valence-corrected chi connectivity index (χ3v) is 4.25. The number of halogens is 1. The smallest absolute Gasteiger partial charge is 0.191 e. The van der Waals surface area contributed by atoms with Crippen molar-refractivity contribution in [3.63, 3.8) is 0 Å². The van der Waals surface area contributed by atoms with Crippen molar-refractivity contribution in [1.82, 2.24) is 20.5 Å². The van der Waals surface area contributed by atoms with Crippen molar-refractivity contribution >= 4 is 29.9 Å². The SMILES string of the molecule is CN=C(NCCc1ccc(C)nc1)NCC1CN(CC(C)C)CCO1.I. The predicted molar refractivity (Wildman–Crippen MR) is 118 cm³/mol. The maximum Gasteiger partial charge on any atom is 0.191 e. The number of aliphatic imine (C=N–C) groups is 1. The van der Waals surface area contributed by atoms with Crippen LogP contribution in [0.15, 0.2) is 23.3 Å². The Bertz CT molecular complexity index is 535. The fraction of sp³-hybridized carbons (Fsp3) is 0.684. The van der Waals surface area contributed by atoms with Crippen LogP contribution in [0, 0.1) is 12.8 Å². The molecular weight excluding hydrogens is 441 g/mol. The topological polar surface area (TPSA) is 61.8 Å². The van der Waals surface area contributed by atoms with E-state index in [0.29, 0.717) is 5.92 Å². The molecule has 0 amide bonds. The number of aromatic nitrogens is 1. The number of nitrogens with one attached hydrogen (secondary N) is 2. The van der Waals surface area contributed by atoms with E-state index in [1.165, 1.54) is 5.56 Å². The highest BCUT2D eigenvalue weighted by atomic mass is 127. The van der Waals surface area contributed by atoms with Crippen LogP contribution < -0.4 is 10.6 Å². The largest absolute Gasteiger partial charge is 0.374 e. The molecular formula is C19H34IN5O. The van der Waals surface area contributed by atoms with E-state index in [1.807, 2.05) is 19.2 Å². The van der Waals surface area contributed by atoms with Crippen LogP contribution in [0.1, 0.15) is 25.1 Å². The molecule has 1 unspecified atom stereocenters. The van der Waals surface area contributed by atoms with E-state index in [4.69, 9.17) is 4.74 Å². The average molecular weight is 475 g/mol. The van der Waals surface area contributed by atoms with E-state index in [1.54, 1.807) is 7.05 Å². The minimum absolute atomic E-state index is 0. The van der Waals surface area contributed by atoms with Gasteiger partial charge in [-0.25, -0.2) is 0 Å². The van der Waals surface area contributed by atoms with E-state index in [0.717, 1.165) is 57.4 Å². The third kappa shape index (κ3) is 8.64. The molecule has 2 rings (SSSR count). The van der Waals surface area contributed by atoms with Crippen LogP contribution in [0.25, 0.3) is 0 Å². The molecule has 0 aromatic carbocycles. The highest BCUT2D eigenvalue weighted by molar-refractivity contribution is 14.0. The summed E-state index contributed by atoms with van der Waals surface area (Å²) >= 11 is 0. The molecule has 1 fully saturated rings. The Labute approximate surface area is 175 Å². The Morgan fingerprint density at radius 3 is 2.85 bits per heavy atom. The van der Waals surface area contributed by atoms with Crippen molar-refractivity contribution in [1.29, 1.82) is 0 Å². The van der Waals surface area contributed by atoms with Crippen molar-refractivity contribution in [2.24, 2.45) is 10.9 Å². The zero-order valence-corrected chi connectivity index (χ0v) is 18.8. The number of rotatable bonds is 7. The Morgan fingerprint density at radius 2 is 2.19 bits per heavy atom. The molecule has 1 saturated heterocycles. The van der Waals surface area contributed by atoms with Gasteiger partial charge in [-0.1, -0.05) is 19.9 Å². The number of pyridine rings is 1. The molecule has 1 aliphatic rings. The number of nitrogens with zero attached hydrogens (tertiary/aromatic N) is 3. The second-order valence-electron chi connectivity index (χ2n) is 7.08. The lowest BCUT2D eigenvalue weighted by Crippen LogP contribution is -2.50. The van der Waals surface area contributed by atoms with Crippen molar-refractivity contribution in [3.05, 3.63) is 29.6 Å². The van der Waals surface area contributed by atoms with E-state index >= 15 is 0 Å². The van der Waals surface area contributed by atoms with Gasteiger partial charge in [0.2, 0.25) is 0 Å². The zero-order valence-electron chi connectivity index (χ0n) is 16.5. The van der Waals surface area contributed by atoms with Gasteiger partial charge in [-0.3, -0.25) is 14.9 Å². The Hall–Kier alpha value is -0.930. The van der Waals surface area contributed by atoms with Gasteiger partial charge in [-0.2, -0.15) is 0 Å². The Morgan fingerprint density at radius 1 is 1.38 bits per heavy atom. The second kappa shape index (κ2) is 12.5. The summed E-state index contributed by atoms with van der Waals surface area (Å²) in [4.78, 5) is 11.1.